The van der Waals surface area contributed by atoms with E-state index in [2.05, 4.69) is 14.7 Å². The number of alkyl halides is 3. The molecule has 1 aromatic carbocycles. The molecule has 0 spiro atoms. The molecule has 0 aliphatic heterocycles. The predicted octanol–water partition coefficient (Wildman–Crippen LogP) is 2.12. The van der Waals surface area contributed by atoms with Crippen LogP contribution < -0.4 is 20.7 Å². The van der Waals surface area contributed by atoms with Gasteiger partial charge in [0.2, 0.25) is 11.5 Å². The van der Waals surface area contributed by atoms with Gasteiger partial charge in [-0.3, -0.25) is 19.5 Å². The minimum absolute atomic E-state index is 0.0411. The summed E-state index contributed by atoms with van der Waals surface area (Å²) >= 11 is 0. The van der Waals surface area contributed by atoms with Crippen LogP contribution in [0.4, 0.5) is 23.2 Å². The normalized spacial score (nSPS) is 12.1. The molecule has 0 saturated carbocycles. The predicted molar refractivity (Wildman–Crippen MR) is 113 cm³/mol. The zero-order valence-corrected chi connectivity index (χ0v) is 19.0. The smallest absolute Gasteiger partial charge is 0.431 e. The van der Waals surface area contributed by atoms with Gasteiger partial charge in [-0.2, -0.15) is 18.2 Å². The molecule has 1 atom stereocenters. The number of nitro benzene ring substituents is 1. The van der Waals surface area contributed by atoms with E-state index in [1.165, 1.54) is 6.92 Å². The molecule has 2 heterocycles. The Morgan fingerprint density at radius 3 is 2.46 bits per heavy atom. The lowest BCUT2D eigenvalue weighted by atomic mass is 10.2. The van der Waals surface area contributed by atoms with Crippen molar-refractivity contribution in [3.05, 3.63) is 73.2 Å². The highest BCUT2D eigenvalue weighted by Crippen LogP contribution is 2.37. The third-order valence-corrected chi connectivity index (χ3v) is 4.76. The van der Waals surface area contributed by atoms with Crippen molar-refractivity contribution < 1.29 is 41.5 Å². The van der Waals surface area contributed by atoms with Crippen molar-refractivity contribution in [1.82, 2.24) is 19.1 Å². The van der Waals surface area contributed by atoms with Gasteiger partial charge in [0.15, 0.2) is 11.9 Å². The van der Waals surface area contributed by atoms with Gasteiger partial charge in [-0.1, -0.05) is 0 Å². The Morgan fingerprint density at radius 1 is 1.19 bits per heavy atom. The summed E-state index contributed by atoms with van der Waals surface area (Å²) in [7, 11) is 1.80. The molecule has 0 N–H and O–H groups in total. The second-order valence-corrected chi connectivity index (χ2v) is 7.15. The average Bonchev–Trinajstić information content (AvgIpc) is 2.82. The molecular formula is C20H15F4N5O8. The van der Waals surface area contributed by atoms with E-state index in [9.17, 15) is 42.1 Å². The standard InChI is InChI=1S/C20H15F4N5O8/c1-9(18(31)35-3)36-17-14(7-25-8-26-17)37-13-5-11(10(21)4-12(13)29(33)34)28-16(30)6-15(20(22,23)24)27(2)19(28)32/h4-9H,1-3H3. The molecule has 0 amide bonds. The van der Waals surface area contributed by atoms with Gasteiger partial charge in [-0.15, -0.1) is 0 Å². The second kappa shape index (κ2) is 10.0. The maximum atomic E-state index is 14.8. The Morgan fingerprint density at radius 2 is 1.86 bits per heavy atom. The first kappa shape index (κ1) is 26.8. The Kier molecular flexibility index (Phi) is 7.26. The number of hydrogen-bond donors (Lipinski definition) is 0. The van der Waals surface area contributed by atoms with Crippen LogP contribution in [0.2, 0.25) is 0 Å². The highest BCUT2D eigenvalue weighted by molar-refractivity contribution is 5.74. The maximum absolute atomic E-state index is 14.8. The lowest BCUT2D eigenvalue weighted by Gasteiger charge is -2.16. The first-order valence-corrected chi connectivity index (χ1v) is 9.87. The van der Waals surface area contributed by atoms with Crippen LogP contribution in [-0.2, 0) is 22.8 Å². The summed E-state index contributed by atoms with van der Waals surface area (Å²) in [5.74, 6) is -3.86. The number of halogens is 4. The molecule has 196 valence electrons. The third-order valence-electron chi connectivity index (χ3n) is 4.76. The topological polar surface area (TPSA) is 158 Å². The molecule has 2 aromatic heterocycles. The fourth-order valence-electron chi connectivity index (χ4n) is 3.01. The van der Waals surface area contributed by atoms with E-state index in [0.29, 0.717) is 19.2 Å². The minimum Gasteiger partial charge on any atom is -0.466 e. The Labute approximate surface area is 202 Å². The lowest BCUT2D eigenvalue weighted by Crippen LogP contribution is -2.41. The number of aromatic nitrogens is 4. The zero-order valence-electron chi connectivity index (χ0n) is 19.0. The number of nitro groups is 1. The zero-order chi connectivity index (χ0) is 27.7. The van der Waals surface area contributed by atoms with Gasteiger partial charge in [0, 0.05) is 19.2 Å². The number of hydrogen-bond acceptors (Lipinski definition) is 10. The summed E-state index contributed by atoms with van der Waals surface area (Å²) in [6, 6.07) is 0.924. The van der Waals surface area contributed by atoms with E-state index in [4.69, 9.17) is 9.47 Å². The number of carbonyl (C=O) groups excluding carboxylic acids is 1. The fraction of sp³-hybridized carbons (Fsp3) is 0.250. The van der Waals surface area contributed by atoms with Crippen molar-refractivity contribution in [2.45, 2.75) is 19.2 Å². The summed E-state index contributed by atoms with van der Waals surface area (Å²) in [6.07, 6.45) is -4.32. The summed E-state index contributed by atoms with van der Waals surface area (Å²) in [5.41, 5.74) is -6.68. The van der Waals surface area contributed by atoms with Crippen molar-refractivity contribution in [2.24, 2.45) is 7.05 Å². The van der Waals surface area contributed by atoms with Gasteiger partial charge in [0.1, 0.15) is 12.0 Å². The maximum Gasteiger partial charge on any atom is 0.431 e. The van der Waals surface area contributed by atoms with Crippen LogP contribution in [0.15, 0.2) is 40.3 Å². The molecule has 0 radical (unpaired) electrons. The fourth-order valence-corrected chi connectivity index (χ4v) is 3.01. The molecule has 0 saturated heterocycles. The molecule has 13 nitrogen and oxygen atoms in total. The van der Waals surface area contributed by atoms with Gasteiger partial charge < -0.3 is 14.2 Å². The molecule has 3 rings (SSSR count). The number of ether oxygens (including phenoxy) is 3. The number of methoxy groups -OCH3 is 1. The largest absolute Gasteiger partial charge is 0.466 e. The number of nitrogens with zero attached hydrogens (tertiary/aromatic N) is 5. The van der Waals surface area contributed by atoms with E-state index in [0.717, 1.165) is 19.6 Å². The van der Waals surface area contributed by atoms with Crippen LogP contribution >= 0.6 is 0 Å². The van der Waals surface area contributed by atoms with Crippen molar-refractivity contribution in [1.29, 1.82) is 0 Å². The van der Waals surface area contributed by atoms with Crippen LogP contribution in [0, 0.1) is 15.9 Å². The summed E-state index contributed by atoms with van der Waals surface area (Å²) < 4.78 is 69.6. The van der Waals surface area contributed by atoms with Crippen molar-refractivity contribution in [3.8, 4) is 23.1 Å². The number of esters is 1. The van der Waals surface area contributed by atoms with Gasteiger partial charge in [0.25, 0.3) is 11.4 Å². The van der Waals surface area contributed by atoms with Crippen molar-refractivity contribution >= 4 is 11.7 Å². The quantitative estimate of drug-likeness (QED) is 0.192. The molecule has 3 aromatic rings. The van der Waals surface area contributed by atoms with E-state index in [-0.39, 0.29) is 15.2 Å². The highest BCUT2D eigenvalue weighted by Gasteiger charge is 2.35. The van der Waals surface area contributed by atoms with E-state index in [1.54, 1.807) is 0 Å². The molecule has 0 aliphatic rings. The average molecular weight is 529 g/mol. The molecule has 1 unspecified atom stereocenters. The number of benzene rings is 1. The van der Waals surface area contributed by atoms with E-state index >= 15 is 0 Å². The van der Waals surface area contributed by atoms with E-state index < -0.39 is 74.7 Å². The number of rotatable bonds is 7. The monoisotopic (exact) mass is 529 g/mol. The van der Waals surface area contributed by atoms with Gasteiger partial charge in [-0.05, 0) is 6.92 Å². The van der Waals surface area contributed by atoms with Gasteiger partial charge >= 0.3 is 23.5 Å². The van der Waals surface area contributed by atoms with Crippen molar-refractivity contribution in [2.75, 3.05) is 7.11 Å². The van der Waals surface area contributed by atoms with Crippen LogP contribution in [0.3, 0.4) is 0 Å². The summed E-state index contributed by atoms with van der Waals surface area (Å²) in [5, 5.41) is 11.5. The SMILES string of the molecule is COC(=O)C(C)Oc1ncncc1Oc1cc(-n2c(=O)cc(C(F)(F)F)n(C)c2=O)c(F)cc1[N+](=O)[O-]. The van der Waals surface area contributed by atoms with Crippen LogP contribution in [0.5, 0.6) is 17.4 Å². The molecular weight excluding hydrogens is 514 g/mol. The first-order valence-electron chi connectivity index (χ1n) is 9.87. The summed E-state index contributed by atoms with van der Waals surface area (Å²) in [4.78, 5) is 54.5. The minimum atomic E-state index is -5.07. The van der Waals surface area contributed by atoms with Gasteiger partial charge in [0.05, 0.1) is 30.0 Å². The van der Waals surface area contributed by atoms with Crippen LogP contribution in [-0.4, -0.2) is 43.2 Å². The molecule has 0 fully saturated rings. The van der Waals surface area contributed by atoms with Gasteiger partial charge in [-0.25, -0.2) is 23.5 Å². The highest BCUT2D eigenvalue weighted by atomic mass is 19.4. The first-order chi connectivity index (χ1) is 17.3. The Balaban J connectivity index is 2.18. The molecule has 0 aliphatic carbocycles. The second-order valence-electron chi connectivity index (χ2n) is 7.15. The lowest BCUT2D eigenvalue weighted by molar-refractivity contribution is -0.385. The summed E-state index contributed by atoms with van der Waals surface area (Å²) in [6.45, 7) is 1.29. The number of carbonyl (C=O) groups is 1. The van der Waals surface area contributed by atoms with Crippen LogP contribution in [0.1, 0.15) is 12.6 Å². The van der Waals surface area contributed by atoms with Crippen molar-refractivity contribution in [3.63, 3.8) is 0 Å². The Hall–Kier alpha value is -4.83. The third kappa shape index (κ3) is 5.39. The molecule has 37 heavy (non-hydrogen) atoms. The molecule has 17 heteroatoms. The van der Waals surface area contributed by atoms with Crippen LogP contribution in [0.25, 0.3) is 5.69 Å². The molecule has 0 bridgehead atoms. The van der Waals surface area contributed by atoms with E-state index in [1.807, 2.05) is 0 Å². The Bertz CT molecular complexity index is 1500.